The van der Waals surface area contributed by atoms with E-state index in [1.54, 1.807) is 19.2 Å². The molecule has 1 amide bonds. The Kier molecular flexibility index (Phi) is 4.75. The molecular formula is C22H19NO2. The van der Waals surface area contributed by atoms with Gasteiger partial charge in [-0.05, 0) is 23.3 Å². The molecule has 3 aromatic carbocycles. The molecule has 3 rings (SSSR count). The fourth-order valence-electron chi connectivity index (χ4n) is 2.73. The topological polar surface area (TPSA) is 37.4 Å². The molecule has 3 nitrogen and oxygen atoms in total. The Morgan fingerprint density at radius 3 is 1.92 bits per heavy atom. The second-order valence-electron chi connectivity index (χ2n) is 5.87. The number of amides is 1. The number of rotatable bonds is 4. The highest BCUT2D eigenvalue weighted by molar-refractivity contribution is 6.14. The zero-order chi connectivity index (χ0) is 17.8. The van der Waals surface area contributed by atoms with Crippen molar-refractivity contribution in [2.75, 3.05) is 11.9 Å². The molecule has 0 aromatic heterocycles. The van der Waals surface area contributed by atoms with E-state index in [-0.39, 0.29) is 11.7 Å². The van der Waals surface area contributed by atoms with Crippen molar-refractivity contribution in [3.05, 3.63) is 90.0 Å². The molecule has 0 radical (unpaired) electrons. The maximum atomic E-state index is 12.9. The van der Waals surface area contributed by atoms with E-state index in [1.807, 2.05) is 66.7 Å². The van der Waals surface area contributed by atoms with Gasteiger partial charge in [0.1, 0.15) is 0 Å². The van der Waals surface area contributed by atoms with Crippen molar-refractivity contribution in [1.29, 1.82) is 0 Å². The van der Waals surface area contributed by atoms with Gasteiger partial charge in [-0.15, -0.1) is 0 Å². The molecule has 0 heterocycles. The van der Waals surface area contributed by atoms with Gasteiger partial charge >= 0.3 is 0 Å². The van der Waals surface area contributed by atoms with Crippen molar-refractivity contribution < 1.29 is 9.59 Å². The molecule has 3 heteroatoms. The van der Waals surface area contributed by atoms with Gasteiger partial charge in [0.2, 0.25) is 5.91 Å². The van der Waals surface area contributed by atoms with Gasteiger partial charge < -0.3 is 4.90 Å². The fraction of sp³-hybridized carbons (Fsp3) is 0.0909. The zero-order valence-corrected chi connectivity index (χ0v) is 14.3. The van der Waals surface area contributed by atoms with Crippen LogP contribution in [0.25, 0.3) is 11.1 Å². The summed E-state index contributed by atoms with van der Waals surface area (Å²) < 4.78 is 0. The van der Waals surface area contributed by atoms with Gasteiger partial charge in [-0.3, -0.25) is 9.59 Å². The number of benzene rings is 3. The number of hydrogen-bond acceptors (Lipinski definition) is 2. The predicted molar refractivity (Wildman–Crippen MR) is 101 cm³/mol. The van der Waals surface area contributed by atoms with Crippen LogP contribution in [0.3, 0.4) is 0 Å². The molecule has 0 spiro atoms. The molecule has 0 aliphatic rings. The van der Waals surface area contributed by atoms with E-state index in [4.69, 9.17) is 0 Å². The fourth-order valence-corrected chi connectivity index (χ4v) is 2.73. The van der Waals surface area contributed by atoms with Crippen LogP contribution >= 0.6 is 0 Å². The van der Waals surface area contributed by atoms with E-state index in [1.165, 1.54) is 11.8 Å². The Bertz CT molecular complexity index is 899. The smallest absolute Gasteiger partial charge is 0.223 e. The average Bonchev–Trinajstić information content (AvgIpc) is 2.67. The maximum Gasteiger partial charge on any atom is 0.223 e. The molecule has 0 fully saturated rings. The van der Waals surface area contributed by atoms with Gasteiger partial charge in [0.25, 0.3) is 0 Å². The van der Waals surface area contributed by atoms with Gasteiger partial charge in [0.15, 0.2) is 5.78 Å². The molecule has 3 aromatic rings. The van der Waals surface area contributed by atoms with Crippen molar-refractivity contribution in [2.45, 2.75) is 6.92 Å². The van der Waals surface area contributed by atoms with Crippen LogP contribution in [0.2, 0.25) is 0 Å². The van der Waals surface area contributed by atoms with E-state index in [9.17, 15) is 9.59 Å². The highest BCUT2D eigenvalue weighted by Crippen LogP contribution is 2.24. The van der Waals surface area contributed by atoms with Crippen LogP contribution in [0, 0.1) is 0 Å². The van der Waals surface area contributed by atoms with Gasteiger partial charge in [-0.2, -0.15) is 0 Å². The van der Waals surface area contributed by atoms with Crippen LogP contribution in [0.1, 0.15) is 22.8 Å². The lowest BCUT2D eigenvalue weighted by Gasteiger charge is -2.18. The van der Waals surface area contributed by atoms with Gasteiger partial charge in [-0.1, -0.05) is 66.7 Å². The first-order valence-corrected chi connectivity index (χ1v) is 8.11. The summed E-state index contributed by atoms with van der Waals surface area (Å²) in [6.07, 6.45) is 0. The number of carbonyl (C=O) groups is 2. The molecule has 0 saturated heterocycles. The predicted octanol–water partition coefficient (Wildman–Crippen LogP) is 4.57. The second-order valence-corrected chi connectivity index (χ2v) is 5.87. The quantitative estimate of drug-likeness (QED) is 0.658. The largest absolute Gasteiger partial charge is 0.315 e. The lowest BCUT2D eigenvalue weighted by Crippen LogP contribution is -2.25. The molecule has 0 bridgehead atoms. The molecule has 0 saturated carbocycles. The van der Waals surface area contributed by atoms with Crippen LogP contribution in [-0.4, -0.2) is 18.7 Å². The Morgan fingerprint density at radius 2 is 1.28 bits per heavy atom. The molecular weight excluding hydrogens is 310 g/mol. The minimum Gasteiger partial charge on any atom is -0.315 e. The number of anilines is 1. The summed E-state index contributed by atoms with van der Waals surface area (Å²) in [5.41, 5.74) is 3.91. The third-order valence-electron chi connectivity index (χ3n) is 4.24. The Labute approximate surface area is 147 Å². The van der Waals surface area contributed by atoms with Crippen molar-refractivity contribution in [1.82, 2.24) is 0 Å². The number of nitrogens with zero attached hydrogens (tertiary/aromatic N) is 1. The number of hydrogen-bond donors (Lipinski definition) is 0. The minimum atomic E-state index is -0.111. The van der Waals surface area contributed by atoms with Crippen molar-refractivity contribution in [3.8, 4) is 11.1 Å². The second kappa shape index (κ2) is 7.14. The van der Waals surface area contributed by atoms with Crippen LogP contribution in [-0.2, 0) is 4.79 Å². The zero-order valence-electron chi connectivity index (χ0n) is 14.3. The van der Waals surface area contributed by atoms with E-state index in [2.05, 4.69) is 0 Å². The summed E-state index contributed by atoms with van der Waals surface area (Å²) in [4.78, 5) is 26.1. The standard InChI is InChI=1S/C22H19NO2/c1-16(24)23(2)21-11-7-6-10-20(21)22(25)19-14-12-18(13-15-19)17-8-4-3-5-9-17/h3-15H,1-2H3. The molecule has 0 N–H and O–H groups in total. The maximum absolute atomic E-state index is 12.9. The normalized spacial score (nSPS) is 10.3. The third-order valence-corrected chi connectivity index (χ3v) is 4.24. The van der Waals surface area contributed by atoms with Crippen molar-refractivity contribution in [3.63, 3.8) is 0 Å². The summed E-state index contributed by atoms with van der Waals surface area (Å²) in [6.45, 7) is 1.48. The molecule has 0 aliphatic heterocycles. The molecule has 124 valence electrons. The van der Waals surface area contributed by atoms with Crippen LogP contribution < -0.4 is 4.90 Å². The lowest BCUT2D eigenvalue weighted by atomic mass is 9.98. The average molecular weight is 329 g/mol. The van der Waals surface area contributed by atoms with Crippen LogP contribution in [0.15, 0.2) is 78.9 Å². The molecule has 0 aliphatic carbocycles. The number of ketones is 1. The summed E-state index contributed by atoms with van der Waals surface area (Å²) in [6, 6.07) is 24.7. The van der Waals surface area contributed by atoms with E-state index in [0.29, 0.717) is 16.8 Å². The molecule has 0 atom stereocenters. The van der Waals surface area contributed by atoms with Crippen molar-refractivity contribution in [2.24, 2.45) is 0 Å². The van der Waals surface area contributed by atoms with E-state index >= 15 is 0 Å². The SMILES string of the molecule is CC(=O)N(C)c1ccccc1C(=O)c1ccc(-c2ccccc2)cc1. The van der Waals surface area contributed by atoms with Gasteiger partial charge in [-0.25, -0.2) is 0 Å². The Morgan fingerprint density at radius 1 is 0.720 bits per heavy atom. The summed E-state index contributed by atoms with van der Waals surface area (Å²) in [7, 11) is 1.67. The summed E-state index contributed by atoms with van der Waals surface area (Å²) >= 11 is 0. The highest BCUT2D eigenvalue weighted by atomic mass is 16.2. The number of para-hydroxylation sites is 1. The first-order chi connectivity index (χ1) is 12.1. The minimum absolute atomic E-state index is 0.0942. The monoisotopic (exact) mass is 329 g/mol. The summed E-state index contributed by atoms with van der Waals surface area (Å²) in [5, 5.41) is 0. The van der Waals surface area contributed by atoms with Crippen LogP contribution in [0.5, 0.6) is 0 Å². The lowest BCUT2D eigenvalue weighted by molar-refractivity contribution is -0.116. The van der Waals surface area contributed by atoms with E-state index < -0.39 is 0 Å². The van der Waals surface area contributed by atoms with Gasteiger partial charge in [0.05, 0.1) is 5.69 Å². The Hall–Kier alpha value is -3.20. The first-order valence-electron chi connectivity index (χ1n) is 8.11. The highest BCUT2D eigenvalue weighted by Gasteiger charge is 2.17. The number of carbonyl (C=O) groups excluding carboxylic acids is 2. The molecule has 0 unspecified atom stereocenters. The van der Waals surface area contributed by atoms with Gasteiger partial charge in [0, 0.05) is 25.1 Å². The molecule has 25 heavy (non-hydrogen) atoms. The summed E-state index contributed by atoms with van der Waals surface area (Å²) in [5.74, 6) is -0.206. The van der Waals surface area contributed by atoms with Crippen LogP contribution in [0.4, 0.5) is 5.69 Å². The van der Waals surface area contributed by atoms with Crippen molar-refractivity contribution >= 4 is 17.4 Å². The Balaban J connectivity index is 1.93. The third kappa shape index (κ3) is 3.50. The van der Waals surface area contributed by atoms with E-state index in [0.717, 1.165) is 11.1 Å². The first kappa shape index (κ1) is 16.7.